The van der Waals surface area contributed by atoms with Crippen LogP contribution in [0.4, 0.5) is 8.78 Å². The summed E-state index contributed by atoms with van der Waals surface area (Å²) >= 11 is 0. The maximum absolute atomic E-state index is 13.3. The van der Waals surface area contributed by atoms with E-state index in [0.29, 0.717) is 18.1 Å². The fourth-order valence-corrected chi connectivity index (χ4v) is 1.61. The fraction of sp³-hybridized carbons (Fsp3) is 0.231. The van der Waals surface area contributed by atoms with Crippen molar-refractivity contribution < 1.29 is 17.9 Å². The Bertz CT molecular complexity index is 552. The summed E-state index contributed by atoms with van der Waals surface area (Å²) in [4.78, 5) is 0. The van der Waals surface area contributed by atoms with E-state index in [1.165, 1.54) is 12.1 Å². The number of hydrogen-bond acceptors (Lipinski definition) is 3. The molecular formula is C13H13F2NO2. The number of benzene rings is 1. The van der Waals surface area contributed by atoms with E-state index in [1.54, 1.807) is 13.0 Å². The number of hydrogen-bond donors (Lipinski definition) is 1. The van der Waals surface area contributed by atoms with Crippen molar-refractivity contribution in [3.8, 4) is 5.75 Å². The SMILES string of the molecule is Cc1oc(COc2cccc(F)c2F)cc1CN. The summed E-state index contributed by atoms with van der Waals surface area (Å²) in [5.41, 5.74) is 6.37. The average molecular weight is 253 g/mol. The van der Waals surface area contributed by atoms with Crippen LogP contribution in [0.5, 0.6) is 5.75 Å². The van der Waals surface area contributed by atoms with E-state index >= 15 is 0 Å². The van der Waals surface area contributed by atoms with Crippen LogP contribution in [-0.4, -0.2) is 0 Å². The quantitative estimate of drug-likeness (QED) is 0.911. The maximum Gasteiger partial charge on any atom is 0.200 e. The van der Waals surface area contributed by atoms with E-state index in [9.17, 15) is 8.78 Å². The zero-order chi connectivity index (χ0) is 13.1. The molecule has 1 aromatic heterocycles. The van der Waals surface area contributed by atoms with Crippen LogP contribution < -0.4 is 10.5 Å². The molecule has 3 nitrogen and oxygen atoms in total. The molecule has 0 atom stereocenters. The van der Waals surface area contributed by atoms with Crippen LogP contribution in [-0.2, 0) is 13.2 Å². The summed E-state index contributed by atoms with van der Waals surface area (Å²) < 4.78 is 36.8. The van der Waals surface area contributed by atoms with Crippen LogP contribution in [0, 0.1) is 18.6 Å². The third-order valence-electron chi connectivity index (χ3n) is 2.58. The van der Waals surface area contributed by atoms with E-state index in [1.807, 2.05) is 0 Å². The molecule has 0 aliphatic rings. The molecule has 0 fully saturated rings. The summed E-state index contributed by atoms with van der Waals surface area (Å²) in [6, 6.07) is 5.52. The van der Waals surface area contributed by atoms with Crippen LogP contribution in [0.25, 0.3) is 0 Å². The van der Waals surface area contributed by atoms with E-state index in [0.717, 1.165) is 11.6 Å². The molecule has 0 aliphatic carbocycles. The zero-order valence-electron chi connectivity index (χ0n) is 9.87. The monoisotopic (exact) mass is 253 g/mol. The Balaban J connectivity index is 2.09. The minimum Gasteiger partial charge on any atom is -0.482 e. The standard InChI is InChI=1S/C13H13F2NO2/c1-8-9(6-16)5-10(18-8)7-17-12-4-2-3-11(14)13(12)15/h2-5H,6-7,16H2,1H3. The third-order valence-corrected chi connectivity index (χ3v) is 2.58. The van der Waals surface area contributed by atoms with Crippen molar-refractivity contribution in [1.29, 1.82) is 0 Å². The van der Waals surface area contributed by atoms with Crippen molar-refractivity contribution >= 4 is 0 Å². The highest BCUT2D eigenvalue weighted by molar-refractivity contribution is 5.26. The van der Waals surface area contributed by atoms with Gasteiger partial charge in [-0.2, -0.15) is 4.39 Å². The zero-order valence-corrected chi connectivity index (χ0v) is 9.87. The minimum atomic E-state index is -1.00. The van der Waals surface area contributed by atoms with Gasteiger partial charge in [-0.05, 0) is 25.1 Å². The Kier molecular flexibility index (Phi) is 3.62. The molecule has 2 N–H and O–H groups in total. The first-order valence-corrected chi connectivity index (χ1v) is 5.47. The van der Waals surface area contributed by atoms with Crippen LogP contribution >= 0.6 is 0 Å². The van der Waals surface area contributed by atoms with Gasteiger partial charge in [-0.1, -0.05) is 6.07 Å². The Morgan fingerprint density at radius 2 is 2.11 bits per heavy atom. The number of furan rings is 1. The lowest BCUT2D eigenvalue weighted by atomic mass is 10.2. The summed E-state index contributed by atoms with van der Waals surface area (Å²) in [5.74, 6) is -0.851. The topological polar surface area (TPSA) is 48.4 Å². The van der Waals surface area contributed by atoms with Gasteiger partial charge >= 0.3 is 0 Å². The van der Waals surface area contributed by atoms with Gasteiger partial charge in [0.15, 0.2) is 11.6 Å². The van der Waals surface area contributed by atoms with Gasteiger partial charge in [0.25, 0.3) is 0 Å². The fourth-order valence-electron chi connectivity index (χ4n) is 1.61. The normalized spacial score (nSPS) is 10.7. The highest BCUT2D eigenvalue weighted by Crippen LogP contribution is 2.21. The number of ether oxygens (including phenoxy) is 1. The lowest BCUT2D eigenvalue weighted by molar-refractivity contribution is 0.252. The molecule has 1 aromatic carbocycles. The first kappa shape index (κ1) is 12.6. The van der Waals surface area contributed by atoms with Crippen molar-refractivity contribution in [3.05, 3.63) is 53.0 Å². The first-order chi connectivity index (χ1) is 8.61. The van der Waals surface area contributed by atoms with Crippen LogP contribution in [0.15, 0.2) is 28.7 Å². The highest BCUT2D eigenvalue weighted by Gasteiger charge is 2.11. The Hall–Kier alpha value is -1.88. The average Bonchev–Trinajstić information content (AvgIpc) is 2.72. The van der Waals surface area contributed by atoms with E-state index in [4.69, 9.17) is 14.9 Å². The molecular weight excluding hydrogens is 240 g/mol. The van der Waals surface area contributed by atoms with Crippen molar-refractivity contribution in [3.63, 3.8) is 0 Å². The van der Waals surface area contributed by atoms with E-state index < -0.39 is 11.6 Å². The predicted octanol–water partition coefficient (Wildman–Crippen LogP) is 2.90. The lowest BCUT2D eigenvalue weighted by Gasteiger charge is -2.05. The highest BCUT2D eigenvalue weighted by atomic mass is 19.2. The molecule has 0 aliphatic heterocycles. The van der Waals surface area contributed by atoms with Gasteiger partial charge in [0.1, 0.15) is 18.1 Å². The first-order valence-electron chi connectivity index (χ1n) is 5.47. The summed E-state index contributed by atoms with van der Waals surface area (Å²) in [5, 5.41) is 0. The smallest absolute Gasteiger partial charge is 0.200 e. The van der Waals surface area contributed by atoms with Gasteiger partial charge in [0, 0.05) is 12.1 Å². The molecule has 1 heterocycles. The summed E-state index contributed by atoms with van der Waals surface area (Å²) in [7, 11) is 0. The number of nitrogens with two attached hydrogens (primary N) is 1. The van der Waals surface area contributed by atoms with Crippen LogP contribution in [0.3, 0.4) is 0 Å². The van der Waals surface area contributed by atoms with E-state index in [-0.39, 0.29) is 12.4 Å². The van der Waals surface area contributed by atoms with Crippen LogP contribution in [0.1, 0.15) is 17.1 Å². The molecule has 0 saturated carbocycles. The molecule has 2 rings (SSSR count). The molecule has 5 heteroatoms. The Labute approximate surface area is 103 Å². The molecule has 0 radical (unpaired) electrons. The van der Waals surface area contributed by atoms with Crippen LogP contribution in [0.2, 0.25) is 0 Å². The van der Waals surface area contributed by atoms with Crippen molar-refractivity contribution in [2.45, 2.75) is 20.1 Å². The van der Waals surface area contributed by atoms with Gasteiger partial charge in [-0.15, -0.1) is 0 Å². The predicted molar refractivity (Wildman–Crippen MR) is 62.0 cm³/mol. The molecule has 96 valence electrons. The lowest BCUT2D eigenvalue weighted by Crippen LogP contribution is -1.98. The summed E-state index contributed by atoms with van der Waals surface area (Å²) in [6.07, 6.45) is 0. The molecule has 2 aromatic rings. The van der Waals surface area contributed by atoms with Gasteiger partial charge in [0.2, 0.25) is 5.82 Å². The van der Waals surface area contributed by atoms with Gasteiger partial charge in [-0.25, -0.2) is 4.39 Å². The Morgan fingerprint density at radius 3 is 2.78 bits per heavy atom. The molecule has 0 spiro atoms. The molecule has 0 amide bonds. The second-order valence-corrected chi connectivity index (χ2v) is 3.84. The second-order valence-electron chi connectivity index (χ2n) is 3.84. The second kappa shape index (κ2) is 5.18. The van der Waals surface area contributed by atoms with Crippen molar-refractivity contribution in [1.82, 2.24) is 0 Å². The summed E-state index contributed by atoms with van der Waals surface area (Å²) in [6.45, 7) is 2.18. The minimum absolute atomic E-state index is 0.0290. The molecule has 18 heavy (non-hydrogen) atoms. The molecule has 0 saturated heterocycles. The van der Waals surface area contributed by atoms with Gasteiger partial charge in [-0.3, -0.25) is 0 Å². The number of halogens is 2. The largest absolute Gasteiger partial charge is 0.482 e. The number of rotatable bonds is 4. The van der Waals surface area contributed by atoms with Crippen molar-refractivity contribution in [2.75, 3.05) is 0 Å². The van der Waals surface area contributed by atoms with E-state index in [2.05, 4.69) is 0 Å². The molecule has 0 bridgehead atoms. The maximum atomic E-state index is 13.3. The van der Waals surface area contributed by atoms with Gasteiger partial charge in [0.05, 0.1) is 0 Å². The van der Waals surface area contributed by atoms with Gasteiger partial charge < -0.3 is 14.9 Å². The van der Waals surface area contributed by atoms with Crippen molar-refractivity contribution in [2.24, 2.45) is 5.73 Å². The molecule has 0 unspecified atom stereocenters. The third kappa shape index (κ3) is 2.51. The Morgan fingerprint density at radius 1 is 1.33 bits per heavy atom. The number of aryl methyl sites for hydroxylation is 1.